The molecule has 0 aliphatic rings. The number of nitrogens with two attached hydrogens (primary N) is 1. The molecular formula is C13H14N6OS. The van der Waals surface area contributed by atoms with Crippen molar-refractivity contribution in [2.45, 2.75) is 13.5 Å². The number of aryl methyl sites for hydroxylation is 2. The molecule has 0 aromatic carbocycles. The molecule has 0 saturated heterocycles. The van der Waals surface area contributed by atoms with E-state index in [0.29, 0.717) is 22.9 Å². The number of nitrogens with one attached hydrogen (secondary N) is 1. The number of anilines is 1. The Morgan fingerprint density at radius 2 is 2.29 bits per heavy atom. The highest BCUT2D eigenvalue weighted by Gasteiger charge is 2.17. The number of thiophene rings is 1. The third-order valence-corrected chi connectivity index (χ3v) is 4.27. The molecule has 3 N–H and O–H groups in total. The molecule has 7 nitrogen and oxygen atoms in total. The number of rotatable bonds is 3. The fourth-order valence-electron chi connectivity index (χ4n) is 1.97. The lowest BCUT2D eigenvalue weighted by molar-refractivity contribution is 0.0954. The molecule has 3 rings (SSSR count). The number of carbonyl (C=O) groups is 1. The van der Waals surface area contributed by atoms with Crippen LogP contribution in [0.5, 0.6) is 0 Å². The second kappa shape index (κ2) is 5.13. The van der Waals surface area contributed by atoms with Crippen molar-refractivity contribution in [1.29, 1.82) is 0 Å². The zero-order chi connectivity index (χ0) is 15.0. The largest absolute Gasteiger partial charge is 0.397 e. The van der Waals surface area contributed by atoms with Gasteiger partial charge in [0.1, 0.15) is 16.0 Å². The molecule has 3 aromatic heterocycles. The van der Waals surface area contributed by atoms with Gasteiger partial charge in [0.25, 0.3) is 5.91 Å². The molecule has 3 heterocycles. The van der Waals surface area contributed by atoms with Gasteiger partial charge in [-0.3, -0.25) is 4.79 Å². The molecule has 0 aliphatic carbocycles. The van der Waals surface area contributed by atoms with Crippen LogP contribution in [0, 0.1) is 6.92 Å². The van der Waals surface area contributed by atoms with Crippen LogP contribution in [-0.2, 0) is 13.6 Å². The van der Waals surface area contributed by atoms with Crippen molar-refractivity contribution in [3.8, 4) is 0 Å². The molecule has 1 amide bonds. The van der Waals surface area contributed by atoms with Crippen LogP contribution < -0.4 is 11.1 Å². The van der Waals surface area contributed by atoms with Crippen molar-refractivity contribution >= 4 is 33.1 Å². The van der Waals surface area contributed by atoms with Crippen LogP contribution >= 0.6 is 11.3 Å². The number of nitrogen functional groups attached to an aromatic ring is 1. The molecule has 0 atom stereocenters. The zero-order valence-electron chi connectivity index (χ0n) is 11.6. The Morgan fingerprint density at radius 3 is 3.00 bits per heavy atom. The summed E-state index contributed by atoms with van der Waals surface area (Å²) in [6.45, 7) is 2.21. The van der Waals surface area contributed by atoms with E-state index in [9.17, 15) is 4.79 Å². The summed E-state index contributed by atoms with van der Waals surface area (Å²) in [5.41, 5.74) is 7.41. The first-order valence-corrected chi connectivity index (χ1v) is 7.14. The van der Waals surface area contributed by atoms with Gasteiger partial charge in [-0.15, -0.1) is 21.5 Å². The highest BCUT2D eigenvalue weighted by atomic mass is 32.1. The Bertz CT molecular complexity index is 821. The number of aromatic nitrogens is 4. The standard InChI is InChI=1S/C13H14N6OS/c1-7-3-4-8-10(14)11(21-13(8)17-7)12(20)15-5-9-18-16-6-19(9)2/h3-4,6H,5,14H2,1-2H3,(H,15,20). The number of carbonyl (C=O) groups excluding carboxylic acids is 1. The molecule has 8 heteroatoms. The van der Waals surface area contributed by atoms with Crippen LogP contribution in [0.4, 0.5) is 5.69 Å². The summed E-state index contributed by atoms with van der Waals surface area (Å²) in [6, 6.07) is 3.77. The number of pyridine rings is 1. The van der Waals surface area contributed by atoms with Gasteiger partial charge in [-0.1, -0.05) is 0 Å². The SMILES string of the molecule is Cc1ccc2c(N)c(C(=O)NCc3nncn3C)sc2n1. The van der Waals surface area contributed by atoms with Gasteiger partial charge in [0.05, 0.1) is 12.2 Å². The maximum absolute atomic E-state index is 12.3. The fraction of sp³-hybridized carbons (Fsp3) is 0.231. The van der Waals surface area contributed by atoms with E-state index in [1.807, 2.05) is 26.1 Å². The number of nitrogens with zero attached hydrogens (tertiary/aromatic N) is 4. The van der Waals surface area contributed by atoms with Crippen molar-refractivity contribution in [2.24, 2.45) is 7.05 Å². The molecule has 0 aliphatic heterocycles. The summed E-state index contributed by atoms with van der Waals surface area (Å²) in [5.74, 6) is 0.452. The molecule has 0 saturated carbocycles. The number of fused-ring (bicyclic) bond motifs is 1. The average molecular weight is 302 g/mol. The van der Waals surface area contributed by atoms with Crippen LogP contribution in [0.25, 0.3) is 10.2 Å². The monoisotopic (exact) mass is 302 g/mol. The van der Waals surface area contributed by atoms with E-state index in [1.165, 1.54) is 11.3 Å². The van der Waals surface area contributed by atoms with Crippen molar-refractivity contribution in [1.82, 2.24) is 25.1 Å². The van der Waals surface area contributed by atoms with Crippen LogP contribution in [-0.4, -0.2) is 25.7 Å². The summed E-state index contributed by atoms with van der Waals surface area (Å²) in [6.07, 6.45) is 1.59. The van der Waals surface area contributed by atoms with E-state index in [1.54, 1.807) is 10.9 Å². The summed E-state index contributed by atoms with van der Waals surface area (Å²) in [7, 11) is 1.82. The quantitative estimate of drug-likeness (QED) is 0.758. The summed E-state index contributed by atoms with van der Waals surface area (Å²) in [4.78, 5) is 17.9. The lowest BCUT2D eigenvalue weighted by Crippen LogP contribution is -2.24. The second-order valence-electron chi connectivity index (χ2n) is 4.69. The number of amides is 1. The van der Waals surface area contributed by atoms with Gasteiger partial charge in [0, 0.05) is 18.1 Å². The van der Waals surface area contributed by atoms with Gasteiger partial charge in [-0.25, -0.2) is 4.98 Å². The number of hydrogen-bond donors (Lipinski definition) is 2. The molecule has 3 aromatic rings. The van der Waals surface area contributed by atoms with Crippen LogP contribution in [0.3, 0.4) is 0 Å². The summed E-state index contributed by atoms with van der Waals surface area (Å²) in [5, 5.41) is 11.3. The Hall–Kier alpha value is -2.48. The van der Waals surface area contributed by atoms with Gasteiger partial charge in [0.15, 0.2) is 5.82 Å². The summed E-state index contributed by atoms with van der Waals surface area (Å²) < 4.78 is 1.75. The minimum atomic E-state index is -0.226. The van der Waals surface area contributed by atoms with Crippen molar-refractivity contribution < 1.29 is 4.79 Å². The van der Waals surface area contributed by atoms with Gasteiger partial charge in [-0.2, -0.15) is 0 Å². The topological polar surface area (TPSA) is 98.7 Å². The van der Waals surface area contributed by atoms with Gasteiger partial charge in [-0.05, 0) is 19.1 Å². The van der Waals surface area contributed by atoms with Crippen molar-refractivity contribution in [2.75, 3.05) is 5.73 Å². The van der Waals surface area contributed by atoms with E-state index >= 15 is 0 Å². The molecule has 21 heavy (non-hydrogen) atoms. The Balaban J connectivity index is 1.84. The van der Waals surface area contributed by atoms with Crippen LogP contribution in [0.15, 0.2) is 18.5 Å². The Kier molecular flexibility index (Phi) is 3.30. The summed E-state index contributed by atoms with van der Waals surface area (Å²) >= 11 is 1.30. The third-order valence-electron chi connectivity index (χ3n) is 3.15. The second-order valence-corrected chi connectivity index (χ2v) is 5.69. The lowest BCUT2D eigenvalue weighted by atomic mass is 10.2. The predicted octanol–water partition coefficient (Wildman–Crippen LogP) is 1.25. The van der Waals surface area contributed by atoms with Gasteiger partial charge < -0.3 is 15.6 Å². The average Bonchev–Trinajstić information content (AvgIpc) is 3.00. The highest BCUT2D eigenvalue weighted by Crippen LogP contribution is 2.32. The van der Waals surface area contributed by atoms with E-state index in [4.69, 9.17) is 5.73 Å². The molecule has 0 radical (unpaired) electrons. The first-order valence-electron chi connectivity index (χ1n) is 6.33. The van der Waals surface area contributed by atoms with E-state index in [2.05, 4.69) is 20.5 Å². The zero-order valence-corrected chi connectivity index (χ0v) is 12.4. The highest BCUT2D eigenvalue weighted by molar-refractivity contribution is 7.21. The number of hydrogen-bond acceptors (Lipinski definition) is 6. The maximum Gasteiger partial charge on any atom is 0.263 e. The van der Waals surface area contributed by atoms with Crippen LogP contribution in [0.1, 0.15) is 21.2 Å². The fourth-order valence-corrected chi connectivity index (χ4v) is 3.02. The van der Waals surface area contributed by atoms with Crippen molar-refractivity contribution in [3.05, 3.63) is 34.9 Å². The molecule has 0 unspecified atom stereocenters. The molecule has 108 valence electrons. The van der Waals surface area contributed by atoms with E-state index in [-0.39, 0.29) is 5.91 Å². The Morgan fingerprint density at radius 1 is 1.48 bits per heavy atom. The van der Waals surface area contributed by atoms with E-state index < -0.39 is 0 Å². The van der Waals surface area contributed by atoms with Crippen LogP contribution in [0.2, 0.25) is 0 Å². The lowest BCUT2D eigenvalue weighted by Gasteiger charge is -2.03. The smallest absolute Gasteiger partial charge is 0.263 e. The van der Waals surface area contributed by atoms with Gasteiger partial charge >= 0.3 is 0 Å². The van der Waals surface area contributed by atoms with E-state index in [0.717, 1.165) is 15.9 Å². The maximum atomic E-state index is 12.3. The molecular weight excluding hydrogens is 288 g/mol. The minimum absolute atomic E-state index is 0.226. The molecule has 0 spiro atoms. The predicted molar refractivity (Wildman–Crippen MR) is 80.9 cm³/mol. The third kappa shape index (κ3) is 2.45. The minimum Gasteiger partial charge on any atom is -0.397 e. The first kappa shape index (κ1) is 13.5. The van der Waals surface area contributed by atoms with Gasteiger partial charge in [0.2, 0.25) is 0 Å². The molecule has 0 fully saturated rings. The first-order chi connectivity index (χ1) is 10.1. The Labute approximate surface area is 124 Å². The molecule has 0 bridgehead atoms. The van der Waals surface area contributed by atoms with Crippen molar-refractivity contribution in [3.63, 3.8) is 0 Å². The normalized spacial score (nSPS) is 11.0.